The molecule has 4 rings (SSSR count). The summed E-state index contributed by atoms with van der Waals surface area (Å²) in [6.07, 6.45) is -4.07. The summed E-state index contributed by atoms with van der Waals surface area (Å²) >= 11 is 0. The van der Waals surface area contributed by atoms with E-state index in [2.05, 4.69) is 0 Å². The molecule has 9 nitrogen and oxygen atoms in total. The van der Waals surface area contributed by atoms with Gasteiger partial charge in [-0.1, -0.05) is 27.7 Å². The Kier molecular flexibility index (Phi) is 7.24. The second-order valence-corrected chi connectivity index (χ2v) is 13.4. The maximum absolute atomic E-state index is 12.4. The maximum Gasteiger partial charge on any atom is 0.125 e. The van der Waals surface area contributed by atoms with Crippen LogP contribution in [-0.4, -0.2) is 99.9 Å². The predicted molar refractivity (Wildman–Crippen MR) is 130 cm³/mol. The molecule has 4 aliphatic carbocycles. The van der Waals surface area contributed by atoms with Crippen molar-refractivity contribution >= 4 is 0 Å². The minimum absolute atomic E-state index is 0.00653. The Morgan fingerprint density at radius 3 is 2.08 bits per heavy atom. The lowest BCUT2D eigenvalue weighted by Crippen LogP contribution is -2.83. The van der Waals surface area contributed by atoms with Crippen molar-refractivity contribution in [2.24, 2.45) is 34.5 Å². The summed E-state index contributed by atoms with van der Waals surface area (Å²) < 4.78 is 0. The van der Waals surface area contributed by atoms with E-state index in [9.17, 15) is 46.0 Å². The average molecular weight is 517 g/mol. The van der Waals surface area contributed by atoms with Gasteiger partial charge >= 0.3 is 0 Å². The summed E-state index contributed by atoms with van der Waals surface area (Å²) in [5.74, 6) is -1.12. The zero-order chi connectivity index (χ0) is 27.1. The molecule has 0 aromatic carbocycles. The number of aliphatic hydroxyl groups is 9. The van der Waals surface area contributed by atoms with E-state index in [1.165, 1.54) is 0 Å². The molecule has 0 aliphatic heterocycles. The molecule has 0 heterocycles. The number of rotatable bonds is 6. The first-order valence-corrected chi connectivity index (χ1v) is 13.7. The highest BCUT2D eigenvalue weighted by molar-refractivity contribution is 5.31. The third-order valence-corrected chi connectivity index (χ3v) is 11.9. The van der Waals surface area contributed by atoms with Gasteiger partial charge in [0.05, 0.1) is 24.4 Å². The van der Waals surface area contributed by atoms with Crippen molar-refractivity contribution in [2.75, 3.05) is 6.61 Å². The van der Waals surface area contributed by atoms with Gasteiger partial charge in [-0.3, -0.25) is 0 Å². The summed E-state index contributed by atoms with van der Waals surface area (Å²) in [4.78, 5) is 0. The number of fused-ring (bicyclic) bond motifs is 5. The van der Waals surface area contributed by atoms with Gasteiger partial charge in [-0.05, 0) is 62.7 Å². The number of hydrogen-bond acceptors (Lipinski definition) is 9. The molecule has 0 spiro atoms. The standard InChI is InChI=1S/C27H48O9/c1-14(5-6-17(29)15(2)13-28)16-11-20(31)27(36)23(16,3)10-8-19-24(4)9-7-18(30)22(33)26(24,35)21(32)12-25(19,27)34/h14-22,28-36H,5-13H2,1-4H3/t14-,15?,16-,17?,18+,19?,20+,21+,22+,23-,24-,25+,26-,27+/m1/s1. The van der Waals surface area contributed by atoms with Crippen LogP contribution < -0.4 is 0 Å². The Labute approximate surface area is 213 Å². The third kappa shape index (κ3) is 3.40. The molecule has 210 valence electrons. The van der Waals surface area contributed by atoms with Crippen molar-refractivity contribution in [1.82, 2.24) is 0 Å². The molecule has 9 heteroatoms. The van der Waals surface area contributed by atoms with Gasteiger partial charge < -0.3 is 46.0 Å². The minimum atomic E-state index is -2.05. The normalized spacial score (nSPS) is 55.2. The largest absolute Gasteiger partial charge is 0.396 e. The highest BCUT2D eigenvalue weighted by Crippen LogP contribution is 2.72. The van der Waals surface area contributed by atoms with Gasteiger partial charge in [-0.15, -0.1) is 0 Å². The molecule has 0 aromatic heterocycles. The fourth-order valence-corrected chi connectivity index (χ4v) is 9.41. The van der Waals surface area contributed by atoms with Crippen LogP contribution in [0.4, 0.5) is 0 Å². The van der Waals surface area contributed by atoms with E-state index in [1.54, 1.807) is 13.8 Å². The van der Waals surface area contributed by atoms with Crippen LogP contribution in [0.5, 0.6) is 0 Å². The van der Waals surface area contributed by atoms with Gasteiger partial charge in [0.2, 0.25) is 0 Å². The van der Waals surface area contributed by atoms with Crippen molar-refractivity contribution in [3.8, 4) is 0 Å². The summed E-state index contributed by atoms with van der Waals surface area (Å²) in [7, 11) is 0. The van der Waals surface area contributed by atoms with E-state index >= 15 is 0 Å². The van der Waals surface area contributed by atoms with Crippen LogP contribution in [0.2, 0.25) is 0 Å². The Morgan fingerprint density at radius 1 is 0.861 bits per heavy atom. The molecule has 14 atom stereocenters. The Hall–Kier alpha value is -0.360. The van der Waals surface area contributed by atoms with Gasteiger partial charge in [-0.2, -0.15) is 0 Å². The molecule has 0 saturated heterocycles. The van der Waals surface area contributed by atoms with Gasteiger partial charge in [-0.25, -0.2) is 0 Å². The lowest BCUT2D eigenvalue weighted by molar-refractivity contribution is -0.372. The van der Waals surface area contributed by atoms with Gasteiger partial charge in [0.15, 0.2) is 0 Å². The van der Waals surface area contributed by atoms with Crippen LogP contribution in [0.25, 0.3) is 0 Å². The first-order valence-electron chi connectivity index (χ1n) is 13.7. The van der Waals surface area contributed by atoms with Crippen LogP contribution in [-0.2, 0) is 0 Å². The van der Waals surface area contributed by atoms with Crippen LogP contribution in [0.15, 0.2) is 0 Å². The average Bonchev–Trinajstić information content (AvgIpc) is 3.04. The number of aliphatic hydroxyl groups excluding tert-OH is 6. The van der Waals surface area contributed by atoms with E-state index in [4.69, 9.17) is 0 Å². The molecular weight excluding hydrogens is 468 g/mol. The van der Waals surface area contributed by atoms with Crippen molar-refractivity contribution in [2.45, 2.75) is 126 Å². The molecular formula is C27H48O9. The summed E-state index contributed by atoms with van der Waals surface area (Å²) in [5, 5.41) is 99.6. The Balaban J connectivity index is 1.68. The molecule has 9 N–H and O–H groups in total. The monoisotopic (exact) mass is 516 g/mol. The van der Waals surface area contributed by atoms with Crippen LogP contribution in [0.1, 0.15) is 79.1 Å². The van der Waals surface area contributed by atoms with E-state index in [-0.39, 0.29) is 43.6 Å². The highest BCUT2D eigenvalue weighted by Gasteiger charge is 2.81. The Morgan fingerprint density at radius 2 is 1.47 bits per heavy atom. The van der Waals surface area contributed by atoms with Gasteiger partial charge in [0.1, 0.15) is 22.9 Å². The summed E-state index contributed by atoms with van der Waals surface area (Å²) in [6.45, 7) is 7.29. The van der Waals surface area contributed by atoms with E-state index < -0.39 is 70.5 Å². The van der Waals surface area contributed by atoms with Crippen molar-refractivity contribution < 1.29 is 46.0 Å². The number of hydrogen-bond donors (Lipinski definition) is 9. The van der Waals surface area contributed by atoms with E-state index in [0.29, 0.717) is 25.7 Å². The molecule has 0 aromatic rings. The molecule has 4 saturated carbocycles. The second kappa shape index (κ2) is 9.10. The topological polar surface area (TPSA) is 182 Å². The zero-order valence-corrected chi connectivity index (χ0v) is 22.1. The smallest absolute Gasteiger partial charge is 0.125 e. The summed E-state index contributed by atoms with van der Waals surface area (Å²) in [6, 6.07) is 0. The van der Waals surface area contributed by atoms with Gasteiger partial charge in [0.25, 0.3) is 0 Å². The third-order valence-electron chi connectivity index (χ3n) is 11.9. The fourth-order valence-electron chi connectivity index (χ4n) is 9.41. The quantitative estimate of drug-likeness (QED) is 0.228. The maximum atomic E-state index is 12.4. The molecule has 4 aliphatic rings. The zero-order valence-electron chi connectivity index (χ0n) is 22.1. The predicted octanol–water partition coefficient (Wildman–Crippen LogP) is -0.331. The SMILES string of the molecule is CC(CO)C(O)CC[C@@H](C)[C@H]1C[C@H](O)[C@@]2(O)[C@]3(O)C[C@H](O)[C@@]4(O)[C@@H](O)[C@@H](O)CC[C@]4(C)C3CC[C@]12C. The molecule has 0 bridgehead atoms. The van der Waals surface area contributed by atoms with E-state index in [0.717, 1.165) is 0 Å². The van der Waals surface area contributed by atoms with Crippen molar-refractivity contribution in [3.63, 3.8) is 0 Å². The van der Waals surface area contributed by atoms with Crippen molar-refractivity contribution in [3.05, 3.63) is 0 Å². The lowest BCUT2D eigenvalue weighted by Gasteiger charge is -2.71. The molecule has 36 heavy (non-hydrogen) atoms. The fraction of sp³-hybridized carbons (Fsp3) is 1.00. The lowest BCUT2D eigenvalue weighted by atomic mass is 9.38. The first kappa shape index (κ1) is 28.6. The molecule has 0 amide bonds. The van der Waals surface area contributed by atoms with E-state index in [1.807, 2.05) is 13.8 Å². The minimum Gasteiger partial charge on any atom is -0.396 e. The molecule has 4 fully saturated rings. The van der Waals surface area contributed by atoms with Crippen LogP contribution in [0, 0.1) is 34.5 Å². The molecule has 3 unspecified atom stereocenters. The first-order chi connectivity index (χ1) is 16.6. The highest BCUT2D eigenvalue weighted by atomic mass is 16.4. The molecule has 0 radical (unpaired) electrons. The van der Waals surface area contributed by atoms with Gasteiger partial charge in [0, 0.05) is 29.8 Å². The summed E-state index contributed by atoms with van der Waals surface area (Å²) in [5.41, 5.74) is -8.00. The van der Waals surface area contributed by atoms with Crippen LogP contribution in [0.3, 0.4) is 0 Å². The van der Waals surface area contributed by atoms with Crippen LogP contribution >= 0.6 is 0 Å². The van der Waals surface area contributed by atoms with Crippen molar-refractivity contribution in [1.29, 1.82) is 0 Å². The second-order valence-electron chi connectivity index (χ2n) is 13.4. The Bertz CT molecular complexity index is 827.